The second-order valence-electron chi connectivity index (χ2n) is 4.94. The van der Waals surface area contributed by atoms with Crippen molar-refractivity contribution in [2.75, 3.05) is 25.6 Å². The maximum atomic E-state index is 12.0. The summed E-state index contributed by atoms with van der Waals surface area (Å²) in [4.78, 5) is 23.0. The van der Waals surface area contributed by atoms with Gasteiger partial charge in [-0.1, -0.05) is 12.1 Å². The number of carbonyl (C=O) groups is 2. The standard InChI is InChI=1S/C15H22N2O4/c1-10-5-4-6-12(11(10)2)17-14(18)9-13(15(19)20)16-7-8-21-3/h4-6,13,16H,7-9H2,1-3H3,(H,17,18)(H,19,20)/t13-/m1/s1. The number of carbonyl (C=O) groups excluding carboxylic acids is 2. The molecule has 1 rings (SSSR count). The van der Waals surface area contributed by atoms with Crippen molar-refractivity contribution in [3.63, 3.8) is 0 Å². The number of rotatable bonds is 8. The van der Waals surface area contributed by atoms with E-state index in [4.69, 9.17) is 4.74 Å². The van der Waals surface area contributed by atoms with Gasteiger partial charge in [0.15, 0.2) is 0 Å². The summed E-state index contributed by atoms with van der Waals surface area (Å²) in [6.45, 7) is 4.74. The van der Waals surface area contributed by atoms with Gasteiger partial charge in [-0.05, 0) is 31.0 Å². The molecule has 0 aromatic heterocycles. The van der Waals surface area contributed by atoms with Crippen LogP contribution in [0.15, 0.2) is 18.2 Å². The lowest BCUT2D eigenvalue weighted by molar-refractivity contribution is -0.683. The monoisotopic (exact) mass is 294 g/mol. The normalized spacial score (nSPS) is 12.0. The Kier molecular flexibility index (Phi) is 6.84. The van der Waals surface area contributed by atoms with E-state index < -0.39 is 12.0 Å². The molecular formula is C15H22N2O4. The Labute approximate surface area is 124 Å². The van der Waals surface area contributed by atoms with Crippen LogP contribution in [0.1, 0.15) is 17.5 Å². The van der Waals surface area contributed by atoms with Gasteiger partial charge in [-0.15, -0.1) is 0 Å². The molecule has 6 heteroatoms. The molecule has 1 atom stereocenters. The smallest absolute Gasteiger partial charge is 0.230 e. The summed E-state index contributed by atoms with van der Waals surface area (Å²) in [7, 11) is 1.54. The second-order valence-corrected chi connectivity index (χ2v) is 4.94. The summed E-state index contributed by atoms with van der Waals surface area (Å²) in [6, 6.07) is 4.68. The Bertz CT molecular complexity index is 502. The minimum absolute atomic E-state index is 0.139. The zero-order chi connectivity index (χ0) is 15.8. The van der Waals surface area contributed by atoms with E-state index in [2.05, 4.69) is 5.32 Å². The van der Waals surface area contributed by atoms with Crippen molar-refractivity contribution in [2.24, 2.45) is 0 Å². The quantitative estimate of drug-likeness (QED) is 0.599. The summed E-state index contributed by atoms with van der Waals surface area (Å²) in [6.07, 6.45) is -0.139. The molecule has 116 valence electrons. The van der Waals surface area contributed by atoms with Crippen LogP contribution >= 0.6 is 0 Å². The Morgan fingerprint density at radius 2 is 2.10 bits per heavy atom. The second kappa shape index (κ2) is 8.39. The van der Waals surface area contributed by atoms with Crippen LogP contribution in [0.5, 0.6) is 0 Å². The van der Waals surface area contributed by atoms with Crippen molar-refractivity contribution >= 4 is 17.6 Å². The van der Waals surface area contributed by atoms with E-state index >= 15 is 0 Å². The SMILES string of the molecule is COCC[NH2+][C@H](CC(=O)Nc1cccc(C)c1C)C(=O)[O-]. The molecule has 1 amide bonds. The average molecular weight is 294 g/mol. The number of hydrogen-bond acceptors (Lipinski definition) is 4. The molecule has 0 aliphatic rings. The molecule has 0 unspecified atom stereocenters. The van der Waals surface area contributed by atoms with Crippen LogP contribution in [0.3, 0.4) is 0 Å². The van der Waals surface area contributed by atoms with Crippen molar-refractivity contribution in [3.05, 3.63) is 29.3 Å². The van der Waals surface area contributed by atoms with Crippen LogP contribution in [-0.4, -0.2) is 38.2 Å². The molecule has 1 aromatic rings. The predicted molar refractivity (Wildman–Crippen MR) is 76.6 cm³/mol. The molecule has 0 heterocycles. The van der Waals surface area contributed by atoms with E-state index in [1.165, 1.54) is 7.11 Å². The zero-order valence-corrected chi connectivity index (χ0v) is 12.6. The van der Waals surface area contributed by atoms with Gasteiger partial charge < -0.3 is 25.3 Å². The van der Waals surface area contributed by atoms with Gasteiger partial charge in [-0.3, -0.25) is 4.79 Å². The number of nitrogens with one attached hydrogen (secondary N) is 1. The number of carboxylic acids is 1. The van der Waals surface area contributed by atoms with Crippen LogP contribution in [0.4, 0.5) is 5.69 Å². The zero-order valence-electron chi connectivity index (χ0n) is 12.6. The summed E-state index contributed by atoms with van der Waals surface area (Å²) in [5.41, 5.74) is 2.74. The molecule has 0 saturated heterocycles. The van der Waals surface area contributed by atoms with Crippen molar-refractivity contribution in [3.8, 4) is 0 Å². The number of nitrogens with two attached hydrogens (primary N) is 1. The van der Waals surface area contributed by atoms with Gasteiger partial charge in [-0.25, -0.2) is 0 Å². The first-order chi connectivity index (χ1) is 9.95. The number of quaternary nitrogens is 1. The molecule has 1 aromatic carbocycles. The third-order valence-corrected chi connectivity index (χ3v) is 3.36. The molecule has 0 fully saturated rings. The average Bonchev–Trinajstić information content (AvgIpc) is 2.43. The third-order valence-electron chi connectivity index (χ3n) is 3.36. The minimum Gasteiger partial charge on any atom is -0.544 e. The van der Waals surface area contributed by atoms with Crippen molar-refractivity contribution in [1.82, 2.24) is 0 Å². The maximum absolute atomic E-state index is 12.0. The highest BCUT2D eigenvalue weighted by Gasteiger charge is 2.18. The third kappa shape index (κ3) is 5.53. The molecule has 0 spiro atoms. The van der Waals surface area contributed by atoms with Gasteiger partial charge in [0.05, 0.1) is 25.5 Å². The molecule has 21 heavy (non-hydrogen) atoms. The first-order valence-electron chi connectivity index (χ1n) is 6.85. The molecule has 0 aliphatic carbocycles. The summed E-state index contributed by atoms with van der Waals surface area (Å²) >= 11 is 0. The number of carboxylic acid groups (broad SMARTS) is 1. The van der Waals surface area contributed by atoms with Gasteiger partial charge in [0.25, 0.3) is 0 Å². The van der Waals surface area contributed by atoms with Crippen LogP contribution in [-0.2, 0) is 14.3 Å². The van der Waals surface area contributed by atoms with Gasteiger partial charge in [0.1, 0.15) is 6.04 Å². The molecule has 0 aliphatic heterocycles. The topological polar surface area (TPSA) is 95.1 Å². The molecule has 6 nitrogen and oxygen atoms in total. The van der Waals surface area contributed by atoms with Crippen LogP contribution in [0.2, 0.25) is 0 Å². The lowest BCUT2D eigenvalue weighted by Crippen LogP contribution is -2.94. The molecule has 0 bridgehead atoms. The number of benzene rings is 1. The number of ether oxygens (including phenoxy) is 1. The van der Waals surface area contributed by atoms with E-state index in [1.54, 1.807) is 11.4 Å². The molecule has 0 saturated carbocycles. The fourth-order valence-electron chi connectivity index (χ4n) is 1.94. The first kappa shape index (κ1) is 17.1. The van der Waals surface area contributed by atoms with Gasteiger partial charge in [0.2, 0.25) is 5.91 Å². The summed E-state index contributed by atoms with van der Waals surface area (Å²) in [5.74, 6) is -1.59. The number of hydrogen-bond donors (Lipinski definition) is 2. The fraction of sp³-hybridized carbons (Fsp3) is 0.467. The molecular weight excluding hydrogens is 272 g/mol. The van der Waals surface area contributed by atoms with Gasteiger partial charge in [0, 0.05) is 12.8 Å². The number of amides is 1. The maximum Gasteiger partial charge on any atom is 0.230 e. The molecule has 3 N–H and O–H groups in total. The van der Waals surface area contributed by atoms with Crippen LogP contribution in [0, 0.1) is 13.8 Å². The van der Waals surface area contributed by atoms with Gasteiger partial charge in [-0.2, -0.15) is 0 Å². The van der Waals surface area contributed by atoms with E-state index in [0.717, 1.165) is 11.1 Å². The number of anilines is 1. The summed E-state index contributed by atoms with van der Waals surface area (Å²) < 4.78 is 4.86. The first-order valence-corrected chi connectivity index (χ1v) is 6.85. The number of aryl methyl sites for hydroxylation is 1. The Morgan fingerprint density at radius 3 is 2.71 bits per heavy atom. The van der Waals surface area contributed by atoms with Crippen LogP contribution < -0.4 is 15.7 Å². The predicted octanol–water partition coefficient (Wildman–Crippen LogP) is -1.04. The lowest BCUT2D eigenvalue weighted by Gasteiger charge is -2.17. The highest BCUT2D eigenvalue weighted by molar-refractivity contribution is 5.94. The van der Waals surface area contributed by atoms with Gasteiger partial charge >= 0.3 is 0 Å². The van der Waals surface area contributed by atoms with E-state index in [9.17, 15) is 14.7 Å². The Hall–Kier alpha value is -1.92. The lowest BCUT2D eigenvalue weighted by atomic mass is 10.1. The van der Waals surface area contributed by atoms with E-state index in [-0.39, 0.29) is 12.3 Å². The highest BCUT2D eigenvalue weighted by atomic mass is 16.5. The number of aliphatic carboxylic acids is 1. The number of methoxy groups -OCH3 is 1. The van der Waals surface area contributed by atoms with Crippen LogP contribution in [0.25, 0.3) is 0 Å². The van der Waals surface area contributed by atoms with Crippen molar-refractivity contribution in [1.29, 1.82) is 0 Å². The fourth-order valence-corrected chi connectivity index (χ4v) is 1.94. The molecule has 0 radical (unpaired) electrons. The van der Waals surface area contributed by atoms with Crippen molar-refractivity contribution < 1.29 is 24.7 Å². The van der Waals surface area contributed by atoms with E-state index in [0.29, 0.717) is 18.8 Å². The Morgan fingerprint density at radius 1 is 1.38 bits per heavy atom. The van der Waals surface area contributed by atoms with E-state index in [1.807, 2.05) is 26.0 Å². The highest BCUT2D eigenvalue weighted by Crippen LogP contribution is 2.18. The summed E-state index contributed by atoms with van der Waals surface area (Å²) in [5, 5.41) is 15.3. The Balaban J connectivity index is 2.61. The van der Waals surface area contributed by atoms with Crippen molar-refractivity contribution in [2.45, 2.75) is 26.3 Å². The largest absolute Gasteiger partial charge is 0.544 e. The minimum atomic E-state index is -1.25.